The van der Waals surface area contributed by atoms with E-state index in [1.807, 2.05) is 24.3 Å². The second kappa shape index (κ2) is 5.30. The van der Waals surface area contributed by atoms with Crippen molar-refractivity contribution in [3.05, 3.63) is 29.3 Å². The van der Waals surface area contributed by atoms with Gasteiger partial charge < -0.3 is 5.32 Å². The number of benzene rings is 1. The highest BCUT2D eigenvalue weighted by atomic mass is 35.5. The van der Waals surface area contributed by atoms with E-state index in [2.05, 4.69) is 11.4 Å². The summed E-state index contributed by atoms with van der Waals surface area (Å²) in [5.74, 6) is 0. The lowest BCUT2D eigenvalue weighted by atomic mass is 9.67. The van der Waals surface area contributed by atoms with Gasteiger partial charge in [-0.25, -0.2) is 0 Å². The molecule has 3 rings (SSSR count). The molecular formula is C17H21ClN2. The van der Waals surface area contributed by atoms with Crippen LogP contribution in [-0.4, -0.2) is 5.54 Å². The Hall–Kier alpha value is -1.20. The molecule has 2 nitrogen and oxygen atoms in total. The Morgan fingerprint density at radius 2 is 1.75 bits per heavy atom. The number of hydrogen-bond donors (Lipinski definition) is 1. The van der Waals surface area contributed by atoms with Crippen molar-refractivity contribution in [2.24, 2.45) is 5.41 Å². The first-order chi connectivity index (χ1) is 9.65. The number of hydrogen-bond acceptors (Lipinski definition) is 2. The van der Waals surface area contributed by atoms with Gasteiger partial charge >= 0.3 is 0 Å². The molecule has 2 aliphatic rings. The largest absolute Gasteiger partial charge is 0.367 e. The van der Waals surface area contributed by atoms with Gasteiger partial charge in [-0.05, 0) is 62.1 Å². The molecule has 3 heteroatoms. The summed E-state index contributed by atoms with van der Waals surface area (Å²) in [4.78, 5) is 0. The highest BCUT2D eigenvalue weighted by molar-refractivity contribution is 6.30. The van der Waals surface area contributed by atoms with Gasteiger partial charge in [-0.1, -0.05) is 30.5 Å². The molecule has 0 heterocycles. The normalized spacial score (nSPS) is 23.4. The topological polar surface area (TPSA) is 35.8 Å². The quantitative estimate of drug-likeness (QED) is 0.817. The molecule has 1 aromatic carbocycles. The van der Waals surface area contributed by atoms with Crippen LogP contribution >= 0.6 is 11.6 Å². The van der Waals surface area contributed by atoms with Crippen LogP contribution in [0.2, 0.25) is 5.02 Å². The molecule has 0 radical (unpaired) electrons. The van der Waals surface area contributed by atoms with E-state index in [1.165, 1.54) is 38.5 Å². The number of nitriles is 1. The van der Waals surface area contributed by atoms with E-state index in [1.54, 1.807) is 0 Å². The second-order valence-corrected chi connectivity index (χ2v) is 6.97. The molecule has 0 atom stereocenters. The molecule has 2 saturated carbocycles. The summed E-state index contributed by atoms with van der Waals surface area (Å²) in [5, 5.41) is 13.8. The summed E-state index contributed by atoms with van der Waals surface area (Å²) in [5.41, 5.74) is 1.11. The fraction of sp³-hybridized carbons (Fsp3) is 0.588. The van der Waals surface area contributed by atoms with Crippen LogP contribution in [0.25, 0.3) is 0 Å². The van der Waals surface area contributed by atoms with E-state index in [0.29, 0.717) is 10.4 Å². The number of rotatable bonds is 2. The van der Waals surface area contributed by atoms with E-state index in [9.17, 15) is 5.26 Å². The number of halogens is 1. The Labute approximate surface area is 126 Å². The van der Waals surface area contributed by atoms with Crippen LogP contribution in [0.1, 0.15) is 51.4 Å². The van der Waals surface area contributed by atoms with Gasteiger partial charge in [-0.15, -0.1) is 0 Å². The number of anilines is 1. The maximum Gasteiger partial charge on any atom is 0.125 e. The Bertz CT molecular complexity index is 516. The van der Waals surface area contributed by atoms with E-state index in [0.717, 1.165) is 18.5 Å². The van der Waals surface area contributed by atoms with Crippen LogP contribution in [0, 0.1) is 16.7 Å². The molecular weight excluding hydrogens is 268 g/mol. The highest BCUT2D eigenvalue weighted by Crippen LogP contribution is 2.51. The van der Waals surface area contributed by atoms with Crippen molar-refractivity contribution in [3.63, 3.8) is 0 Å². The van der Waals surface area contributed by atoms with Gasteiger partial charge in [0.15, 0.2) is 0 Å². The minimum Gasteiger partial charge on any atom is -0.367 e. The van der Waals surface area contributed by atoms with Crippen LogP contribution in [0.5, 0.6) is 0 Å². The van der Waals surface area contributed by atoms with Gasteiger partial charge in [0.1, 0.15) is 5.54 Å². The zero-order valence-corrected chi connectivity index (χ0v) is 12.5. The molecule has 1 N–H and O–H groups in total. The molecule has 0 aliphatic heterocycles. The smallest absolute Gasteiger partial charge is 0.125 e. The monoisotopic (exact) mass is 288 g/mol. The molecule has 0 unspecified atom stereocenters. The van der Waals surface area contributed by atoms with Crippen molar-refractivity contribution in [3.8, 4) is 6.07 Å². The zero-order valence-electron chi connectivity index (χ0n) is 11.8. The Balaban J connectivity index is 1.72. The van der Waals surface area contributed by atoms with E-state index in [4.69, 9.17) is 11.6 Å². The van der Waals surface area contributed by atoms with Gasteiger partial charge in [0.05, 0.1) is 6.07 Å². The molecule has 2 aliphatic carbocycles. The molecule has 20 heavy (non-hydrogen) atoms. The fourth-order valence-electron chi connectivity index (χ4n) is 3.94. The van der Waals surface area contributed by atoms with Gasteiger partial charge in [-0.3, -0.25) is 0 Å². The summed E-state index contributed by atoms with van der Waals surface area (Å²) in [6, 6.07) is 10.2. The van der Waals surface area contributed by atoms with E-state index >= 15 is 0 Å². The van der Waals surface area contributed by atoms with Crippen LogP contribution in [0.4, 0.5) is 5.69 Å². The Morgan fingerprint density at radius 3 is 2.35 bits per heavy atom. The van der Waals surface area contributed by atoms with Crippen LogP contribution in [0.15, 0.2) is 24.3 Å². The fourth-order valence-corrected chi connectivity index (χ4v) is 4.13. The lowest BCUT2D eigenvalue weighted by molar-refractivity contribution is 0.167. The number of nitrogens with one attached hydrogen (secondary N) is 1. The molecule has 1 aromatic rings. The molecule has 2 fully saturated rings. The summed E-state index contributed by atoms with van der Waals surface area (Å²) in [6.45, 7) is 0. The summed E-state index contributed by atoms with van der Waals surface area (Å²) in [6.07, 6.45) is 9.77. The minimum atomic E-state index is -0.404. The summed E-state index contributed by atoms with van der Waals surface area (Å²) >= 11 is 6.03. The summed E-state index contributed by atoms with van der Waals surface area (Å²) < 4.78 is 0. The van der Waals surface area contributed by atoms with Crippen molar-refractivity contribution < 1.29 is 0 Å². The van der Waals surface area contributed by atoms with Gasteiger partial charge in [0.25, 0.3) is 0 Å². The predicted molar refractivity (Wildman–Crippen MR) is 82.8 cm³/mol. The van der Waals surface area contributed by atoms with Gasteiger partial charge in [-0.2, -0.15) is 5.26 Å². The van der Waals surface area contributed by atoms with Crippen LogP contribution in [-0.2, 0) is 0 Å². The summed E-state index contributed by atoms with van der Waals surface area (Å²) in [7, 11) is 0. The maximum atomic E-state index is 9.66. The second-order valence-electron chi connectivity index (χ2n) is 6.54. The van der Waals surface area contributed by atoms with Gasteiger partial charge in [0.2, 0.25) is 0 Å². The highest BCUT2D eigenvalue weighted by Gasteiger charge is 2.44. The first kappa shape index (κ1) is 13.8. The van der Waals surface area contributed by atoms with Crippen LogP contribution in [0.3, 0.4) is 0 Å². The van der Waals surface area contributed by atoms with Gasteiger partial charge in [0, 0.05) is 10.7 Å². The average molecular weight is 289 g/mol. The maximum absolute atomic E-state index is 9.66. The zero-order chi connectivity index (χ0) is 14.1. The first-order valence-electron chi connectivity index (χ1n) is 7.61. The standard InChI is InChI=1S/C17H21ClN2/c18-14-4-3-5-15(12-14)20-17(13-19)10-8-16(9-11-17)6-1-2-7-16/h3-5,12,20H,1-2,6-11H2. The van der Waals surface area contributed by atoms with Crippen molar-refractivity contribution in [2.45, 2.75) is 56.9 Å². The van der Waals surface area contributed by atoms with Crippen molar-refractivity contribution in [1.29, 1.82) is 5.26 Å². The third kappa shape index (κ3) is 2.65. The molecule has 0 bridgehead atoms. The lowest BCUT2D eigenvalue weighted by Gasteiger charge is -2.42. The molecule has 1 spiro atoms. The van der Waals surface area contributed by atoms with Crippen molar-refractivity contribution >= 4 is 17.3 Å². The lowest BCUT2D eigenvalue weighted by Crippen LogP contribution is -2.43. The minimum absolute atomic E-state index is 0.404. The predicted octanol–water partition coefficient (Wildman–Crippen LogP) is 5.15. The van der Waals surface area contributed by atoms with E-state index < -0.39 is 5.54 Å². The third-order valence-electron chi connectivity index (χ3n) is 5.25. The average Bonchev–Trinajstić information content (AvgIpc) is 2.91. The molecule has 0 saturated heterocycles. The third-order valence-corrected chi connectivity index (χ3v) is 5.49. The molecule has 0 amide bonds. The van der Waals surface area contributed by atoms with E-state index in [-0.39, 0.29) is 0 Å². The van der Waals surface area contributed by atoms with Crippen LogP contribution < -0.4 is 5.32 Å². The molecule has 106 valence electrons. The SMILES string of the molecule is N#CC1(Nc2cccc(Cl)c2)CCC2(CCCC2)CC1. The van der Waals surface area contributed by atoms with Crippen molar-refractivity contribution in [1.82, 2.24) is 0 Å². The molecule has 0 aromatic heterocycles. The van der Waals surface area contributed by atoms with Crippen molar-refractivity contribution in [2.75, 3.05) is 5.32 Å². The Morgan fingerprint density at radius 1 is 1.05 bits per heavy atom. The first-order valence-corrected chi connectivity index (χ1v) is 7.98. The Kier molecular flexibility index (Phi) is 3.65. The number of nitrogens with zero attached hydrogens (tertiary/aromatic N) is 1.